The van der Waals surface area contributed by atoms with E-state index in [-0.39, 0.29) is 5.84 Å². The van der Waals surface area contributed by atoms with Crippen molar-refractivity contribution in [3.63, 3.8) is 0 Å². The van der Waals surface area contributed by atoms with Crippen LogP contribution in [0.1, 0.15) is 45.1 Å². The van der Waals surface area contributed by atoms with Crippen LogP contribution in [-0.2, 0) is 0 Å². The lowest BCUT2D eigenvalue weighted by Crippen LogP contribution is -2.16. The second-order valence-electron chi connectivity index (χ2n) is 4.78. The molecule has 0 aliphatic carbocycles. The minimum Gasteiger partial charge on any atom is -0.493 e. The van der Waals surface area contributed by atoms with Gasteiger partial charge in [-0.15, -0.1) is 0 Å². The van der Waals surface area contributed by atoms with Gasteiger partial charge in [0.05, 0.1) is 12.2 Å². The van der Waals surface area contributed by atoms with E-state index in [4.69, 9.17) is 27.5 Å². The highest BCUT2D eigenvalue weighted by Gasteiger charge is 2.11. The van der Waals surface area contributed by atoms with E-state index < -0.39 is 0 Å². The van der Waals surface area contributed by atoms with Crippen LogP contribution in [0.2, 0.25) is 5.02 Å². The first-order valence-electron chi connectivity index (χ1n) is 6.85. The molecule has 1 aromatic rings. The highest BCUT2D eigenvalue weighted by molar-refractivity contribution is 6.31. The van der Waals surface area contributed by atoms with Gasteiger partial charge >= 0.3 is 0 Å². The van der Waals surface area contributed by atoms with Crippen molar-refractivity contribution in [3.8, 4) is 5.75 Å². The highest BCUT2D eigenvalue weighted by Crippen LogP contribution is 2.24. The molecule has 0 aromatic heterocycles. The van der Waals surface area contributed by atoms with Gasteiger partial charge in [0.1, 0.15) is 11.6 Å². The van der Waals surface area contributed by atoms with Crippen molar-refractivity contribution >= 4 is 17.4 Å². The summed E-state index contributed by atoms with van der Waals surface area (Å²) in [6, 6.07) is 5.22. The third-order valence-corrected chi connectivity index (χ3v) is 3.48. The summed E-state index contributed by atoms with van der Waals surface area (Å²) in [5.74, 6) is 1.18. The van der Waals surface area contributed by atoms with Gasteiger partial charge in [-0.05, 0) is 30.5 Å². The largest absolute Gasteiger partial charge is 0.493 e. The van der Waals surface area contributed by atoms with Crippen molar-refractivity contribution in [1.29, 1.82) is 5.41 Å². The summed E-state index contributed by atoms with van der Waals surface area (Å²) in [6.45, 7) is 5.04. The fraction of sp³-hybridized carbons (Fsp3) is 0.533. The Kier molecular flexibility index (Phi) is 6.71. The zero-order chi connectivity index (χ0) is 14.3. The van der Waals surface area contributed by atoms with Crippen molar-refractivity contribution in [2.24, 2.45) is 11.7 Å². The molecule has 0 saturated heterocycles. The predicted molar refractivity (Wildman–Crippen MR) is 81.3 cm³/mol. The van der Waals surface area contributed by atoms with Gasteiger partial charge in [0.15, 0.2) is 0 Å². The summed E-state index contributed by atoms with van der Waals surface area (Å²) in [7, 11) is 0. The number of halogens is 1. The van der Waals surface area contributed by atoms with Gasteiger partial charge in [-0.1, -0.05) is 44.7 Å². The fourth-order valence-electron chi connectivity index (χ4n) is 1.94. The molecule has 0 fully saturated rings. The first-order chi connectivity index (χ1) is 9.08. The number of nitrogens with one attached hydrogen (secondary N) is 1. The molecule has 0 spiro atoms. The molecule has 0 aliphatic heterocycles. The Hall–Kier alpha value is -1.22. The smallest absolute Gasteiger partial charge is 0.130 e. The maximum absolute atomic E-state index is 7.55. The summed E-state index contributed by atoms with van der Waals surface area (Å²) in [4.78, 5) is 0. The van der Waals surface area contributed by atoms with Gasteiger partial charge in [0.25, 0.3) is 0 Å². The molecule has 3 N–H and O–H groups in total. The molecule has 0 heterocycles. The molecule has 0 aliphatic rings. The van der Waals surface area contributed by atoms with Crippen LogP contribution in [0.3, 0.4) is 0 Å². The molecule has 0 bridgehead atoms. The first-order valence-corrected chi connectivity index (χ1v) is 7.23. The van der Waals surface area contributed by atoms with E-state index in [1.807, 2.05) is 0 Å². The molecule has 106 valence electrons. The van der Waals surface area contributed by atoms with Crippen molar-refractivity contribution in [3.05, 3.63) is 28.8 Å². The third kappa shape index (κ3) is 5.11. The average molecular weight is 283 g/mol. The van der Waals surface area contributed by atoms with E-state index in [9.17, 15) is 0 Å². The van der Waals surface area contributed by atoms with E-state index in [1.165, 1.54) is 19.3 Å². The number of rotatable bonds is 8. The van der Waals surface area contributed by atoms with E-state index >= 15 is 0 Å². The van der Waals surface area contributed by atoms with Crippen molar-refractivity contribution < 1.29 is 4.74 Å². The lowest BCUT2D eigenvalue weighted by Gasteiger charge is -2.17. The summed E-state index contributed by atoms with van der Waals surface area (Å²) in [5, 5.41) is 8.12. The number of benzene rings is 1. The number of nitrogens with two attached hydrogens (primary N) is 1. The number of nitrogen functional groups attached to an aromatic ring is 1. The fourth-order valence-corrected chi connectivity index (χ4v) is 2.12. The van der Waals surface area contributed by atoms with Crippen LogP contribution in [0.25, 0.3) is 0 Å². The Balaban J connectivity index is 2.68. The zero-order valence-corrected chi connectivity index (χ0v) is 12.5. The van der Waals surface area contributed by atoms with Gasteiger partial charge in [0, 0.05) is 5.02 Å². The Labute approximate surface area is 120 Å². The van der Waals surface area contributed by atoms with Crippen LogP contribution in [0, 0.1) is 11.3 Å². The van der Waals surface area contributed by atoms with Gasteiger partial charge in [-0.25, -0.2) is 0 Å². The summed E-state index contributed by atoms with van der Waals surface area (Å²) in [5.41, 5.74) is 6.11. The topological polar surface area (TPSA) is 59.1 Å². The van der Waals surface area contributed by atoms with E-state index in [0.717, 1.165) is 6.42 Å². The maximum atomic E-state index is 7.55. The minimum atomic E-state index is -0.0147. The van der Waals surface area contributed by atoms with Crippen LogP contribution >= 0.6 is 11.6 Å². The van der Waals surface area contributed by atoms with Gasteiger partial charge in [-0.2, -0.15) is 0 Å². The molecular formula is C15H23ClN2O. The lowest BCUT2D eigenvalue weighted by molar-refractivity contribution is 0.233. The Morgan fingerprint density at radius 1 is 1.42 bits per heavy atom. The summed E-state index contributed by atoms with van der Waals surface area (Å²) in [6.07, 6.45) is 4.71. The Morgan fingerprint density at radius 2 is 2.16 bits per heavy atom. The zero-order valence-electron chi connectivity index (χ0n) is 11.7. The average Bonchev–Trinajstić information content (AvgIpc) is 2.40. The van der Waals surface area contributed by atoms with Gasteiger partial charge < -0.3 is 10.5 Å². The number of hydrogen-bond donors (Lipinski definition) is 2. The third-order valence-electron chi connectivity index (χ3n) is 3.25. The number of hydrogen-bond acceptors (Lipinski definition) is 2. The molecule has 0 radical (unpaired) electrons. The number of amidine groups is 1. The van der Waals surface area contributed by atoms with Gasteiger partial charge in [-0.3, -0.25) is 5.41 Å². The molecule has 3 nitrogen and oxygen atoms in total. The highest BCUT2D eigenvalue weighted by atomic mass is 35.5. The molecule has 0 saturated carbocycles. The minimum absolute atomic E-state index is 0.0147. The number of unbranched alkanes of at least 4 members (excludes halogenated alkanes) is 1. The first kappa shape index (κ1) is 15.8. The molecule has 1 atom stereocenters. The van der Waals surface area contributed by atoms with Crippen molar-refractivity contribution in [2.45, 2.75) is 39.5 Å². The lowest BCUT2D eigenvalue weighted by atomic mass is 10.0. The molecule has 19 heavy (non-hydrogen) atoms. The molecule has 4 heteroatoms. The molecular weight excluding hydrogens is 260 g/mol. The quantitative estimate of drug-likeness (QED) is 0.554. The van der Waals surface area contributed by atoms with E-state index in [0.29, 0.717) is 28.9 Å². The Morgan fingerprint density at radius 3 is 2.74 bits per heavy atom. The van der Waals surface area contributed by atoms with E-state index in [1.54, 1.807) is 18.2 Å². The summed E-state index contributed by atoms with van der Waals surface area (Å²) < 4.78 is 5.82. The molecule has 1 rings (SSSR count). The van der Waals surface area contributed by atoms with Crippen LogP contribution in [0.5, 0.6) is 5.75 Å². The molecule has 1 unspecified atom stereocenters. The predicted octanol–water partition coefficient (Wildman–Crippen LogP) is 4.22. The monoisotopic (exact) mass is 282 g/mol. The van der Waals surface area contributed by atoms with Crippen molar-refractivity contribution in [1.82, 2.24) is 0 Å². The Bertz CT molecular complexity index is 421. The molecule has 1 aromatic carbocycles. The second-order valence-corrected chi connectivity index (χ2v) is 5.22. The molecule has 0 amide bonds. The van der Waals surface area contributed by atoms with Crippen LogP contribution in [0.15, 0.2) is 18.2 Å². The maximum Gasteiger partial charge on any atom is 0.130 e. The normalized spacial score (nSPS) is 12.2. The SMILES string of the molecule is CCCCC(CC)COc1ccc(Cl)cc1C(=N)N. The standard InChI is InChI=1S/C15H23ClN2O/c1-3-5-6-11(4-2)10-19-14-8-7-12(16)9-13(14)15(17)18/h7-9,11H,3-6,10H2,1-2H3,(H3,17,18). The van der Waals surface area contributed by atoms with Crippen LogP contribution < -0.4 is 10.5 Å². The van der Waals surface area contributed by atoms with E-state index in [2.05, 4.69) is 13.8 Å². The van der Waals surface area contributed by atoms with Crippen LogP contribution in [0.4, 0.5) is 0 Å². The summed E-state index contributed by atoms with van der Waals surface area (Å²) >= 11 is 5.91. The van der Waals surface area contributed by atoms with Crippen LogP contribution in [-0.4, -0.2) is 12.4 Å². The second kappa shape index (κ2) is 8.05. The van der Waals surface area contributed by atoms with Gasteiger partial charge in [0.2, 0.25) is 0 Å². The number of ether oxygens (including phenoxy) is 1. The van der Waals surface area contributed by atoms with Crippen molar-refractivity contribution in [2.75, 3.05) is 6.61 Å².